The number of hydrogen-bond acceptors (Lipinski definition) is 3. The van der Waals surface area contributed by atoms with Gasteiger partial charge in [0.2, 0.25) is 5.88 Å². The number of likely N-dealkylation sites (N-methyl/N-ethyl adjacent to an activating group) is 1. The Hall–Kier alpha value is -2.10. The Kier molecular flexibility index (Phi) is 5.97. The molecule has 2 aromatic carbocycles. The Bertz CT molecular complexity index is 760. The lowest BCUT2D eigenvalue weighted by atomic mass is 10.0. The monoisotopic (exact) mass is 328 g/mol. The van der Waals surface area contributed by atoms with Gasteiger partial charge in [0, 0.05) is 18.0 Å². The van der Waals surface area contributed by atoms with Gasteiger partial charge >= 0.3 is 0 Å². The van der Waals surface area contributed by atoms with E-state index in [1.165, 1.54) is 5.56 Å². The number of benzene rings is 2. The third kappa shape index (κ3) is 4.21. The Balaban J connectivity index is 0.00000192. The number of pyridine rings is 1. The van der Waals surface area contributed by atoms with Crippen LogP contribution in [0.1, 0.15) is 0 Å². The molecule has 0 amide bonds. The van der Waals surface area contributed by atoms with E-state index in [0.29, 0.717) is 12.5 Å². The minimum atomic E-state index is 0. The second-order valence-electron chi connectivity index (χ2n) is 5.54. The molecule has 0 radical (unpaired) electrons. The number of aromatic nitrogens is 1. The van der Waals surface area contributed by atoms with Crippen molar-refractivity contribution in [2.75, 3.05) is 27.2 Å². The van der Waals surface area contributed by atoms with Crippen molar-refractivity contribution in [3.8, 4) is 17.0 Å². The van der Waals surface area contributed by atoms with Crippen molar-refractivity contribution in [1.29, 1.82) is 0 Å². The number of para-hydroxylation sites is 1. The number of rotatable bonds is 5. The van der Waals surface area contributed by atoms with E-state index in [1.54, 1.807) is 0 Å². The summed E-state index contributed by atoms with van der Waals surface area (Å²) in [5.41, 5.74) is 3.30. The van der Waals surface area contributed by atoms with Crippen molar-refractivity contribution in [3.05, 3.63) is 60.7 Å². The van der Waals surface area contributed by atoms with E-state index >= 15 is 0 Å². The molecule has 3 aromatic rings. The topological polar surface area (TPSA) is 25.4 Å². The van der Waals surface area contributed by atoms with Gasteiger partial charge in [0.15, 0.2) is 0 Å². The molecule has 120 valence electrons. The van der Waals surface area contributed by atoms with Crippen LogP contribution in [0.2, 0.25) is 0 Å². The Labute approximate surface area is 143 Å². The molecule has 0 N–H and O–H groups in total. The minimum absolute atomic E-state index is 0. The molecule has 0 spiro atoms. The lowest BCUT2D eigenvalue weighted by Crippen LogP contribution is -2.19. The zero-order valence-corrected chi connectivity index (χ0v) is 14.2. The van der Waals surface area contributed by atoms with Crippen molar-refractivity contribution < 1.29 is 4.74 Å². The van der Waals surface area contributed by atoms with Gasteiger partial charge in [0.1, 0.15) is 6.61 Å². The summed E-state index contributed by atoms with van der Waals surface area (Å²) in [5, 5.41) is 1.15. The highest BCUT2D eigenvalue weighted by Gasteiger charge is 2.08. The predicted molar refractivity (Wildman–Crippen MR) is 98.5 cm³/mol. The second kappa shape index (κ2) is 7.95. The van der Waals surface area contributed by atoms with Crippen LogP contribution in [0.25, 0.3) is 22.0 Å². The molecular weight excluding hydrogens is 308 g/mol. The summed E-state index contributed by atoms with van der Waals surface area (Å²) in [6.45, 7) is 1.50. The maximum atomic E-state index is 5.83. The molecule has 3 nitrogen and oxygen atoms in total. The van der Waals surface area contributed by atoms with Crippen molar-refractivity contribution in [3.63, 3.8) is 0 Å². The van der Waals surface area contributed by atoms with Crippen LogP contribution >= 0.6 is 12.4 Å². The zero-order chi connectivity index (χ0) is 15.4. The summed E-state index contributed by atoms with van der Waals surface area (Å²) < 4.78 is 5.83. The summed E-state index contributed by atoms with van der Waals surface area (Å²) in [7, 11) is 4.07. The third-order valence-electron chi connectivity index (χ3n) is 3.57. The minimum Gasteiger partial charge on any atom is -0.476 e. The van der Waals surface area contributed by atoms with Crippen LogP contribution in [0.15, 0.2) is 60.7 Å². The van der Waals surface area contributed by atoms with E-state index in [-0.39, 0.29) is 12.4 Å². The van der Waals surface area contributed by atoms with Crippen molar-refractivity contribution in [2.24, 2.45) is 0 Å². The van der Waals surface area contributed by atoms with Crippen molar-refractivity contribution >= 4 is 23.3 Å². The second-order valence-corrected chi connectivity index (χ2v) is 5.54. The number of hydrogen-bond donors (Lipinski definition) is 0. The molecule has 0 aliphatic rings. The van der Waals surface area contributed by atoms with Gasteiger partial charge in [0.25, 0.3) is 0 Å². The summed E-state index contributed by atoms with van der Waals surface area (Å²) >= 11 is 0. The summed E-state index contributed by atoms with van der Waals surface area (Å²) in [4.78, 5) is 6.71. The molecule has 0 atom stereocenters. The average molecular weight is 329 g/mol. The fourth-order valence-electron chi connectivity index (χ4n) is 2.41. The first-order chi connectivity index (χ1) is 10.7. The number of ether oxygens (including phenoxy) is 1. The van der Waals surface area contributed by atoms with E-state index in [1.807, 2.05) is 44.4 Å². The fourth-order valence-corrected chi connectivity index (χ4v) is 2.41. The third-order valence-corrected chi connectivity index (χ3v) is 3.57. The smallest absolute Gasteiger partial charge is 0.214 e. The SMILES string of the molecule is CN(C)CCOc1cc(-c2ccccc2)c2ccccc2n1.Cl. The van der Waals surface area contributed by atoms with Crippen LogP contribution < -0.4 is 4.74 Å². The van der Waals surface area contributed by atoms with Gasteiger partial charge in [-0.15, -0.1) is 12.4 Å². The fraction of sp³-hybridized carbons (Fsp3) is 0.211. The number of nitrogens with zero attached hydrogens (tertiary/aromatic N) is 2. The average Bonchev–Trinajstić information content (AvgIpc) is 2.54. The van der Waals surface area contributed by atoms with Crippen molar-refractivity contribution in [1.82, 2.24) is 9.88 Å². The zero-order valence-electron chi connectivity index (χ0n) is 13.4. The molecule has 0 saturated heterocycles. The first-order valence-corrected chi connectivity index (χ1v) is 7.47. The molecule has 0 unspecified atom stereocenters. The van der Waals surface area contributed by atoms with Gasteiger partial charge in [-0.05, 0) is 31.3 Å². The molecule has 4 heteroatoms. The van der Waals surface area contributed by atoms with E-state index in [9.17, 15) is 0 Å². The van der Waals surface area contributed by atoms with Crippen LogP contribution in [0.4, 0.5) is 0 Å². The summed E-state index contributed by atoms with van der Waals surface area (Å²) in [6.07, 6.45) is 0. The van der Waals surface area contributed by atoms with Crippen LogP contribution in [0, 0.1) is 0 Å². The van der Waals surface area contributed by atoms with Crippen LogP contribution in [-0.4, -0.2) is 37.1 Å². The maximum absolute atomic E-state index is 5.83. The molecule has 0 aliphatic heterocycles. The van der Waals surface area contributed by atoms with Gasteiger partial charge in [-0.3, -0.25) is 0 Å². The summed E-state index contributed by atoms with van der Waals surface area (Å²) in [5.74, 6) is 0.680. The van der Waals surface area contributed by atoms with Gasteiger partial charge in [0.05, 0.1) is 5.52 Å². The molecule has 3 rings (SSSR count). The lowest BCUT2D eigenvalue weighted by Gasteiger charge is -2.13. The first kappa shape index (κ1) is 17.3. The first-order valence-electron chi connectivity index (χ1n) is 7.47. The summed E-state index contributed by atoms with van der Waals surface area (Å²) in [6, 6.07) is 20.6. The molecule has 23 heavy (non-hydrogen) atoms. The molecule has 0 aliphatic carbocycles. The highest BCUT2D eigenvalue weighted by atomic mass is 35.5. The molecule has 0 saturated carbocycles. The van der Waals surface area contributed by atoms with E-state index in [4.69, 9.17) is 4.74 Å². The van der Waals surface area contributed by atoms with Gasteiger partial charge < -0.3 is 9.64 Å². The molecule has 1 heterocycles. The van der Waals surface area contributed by atoms with Crippen molar-refractivity contribution in [2.45, 2.75) is 0 Å². The molecule has 1 aromatic heterocycles. The number of fused-ring (bicyclic) bond motifs is 1. The van der Waals surface area contributed by atoms with E-state index in [2.05, 4.69) is 40.2 Å². The largest absolute Gasteiger partial charge is 0.476 e. The Morgan fingerprint density at radius 1 is 0.957 bits per heavy atom. The Morgan fingerprint density at radius 3 is 2.39 bits per heavy atom. The predicted octanol–water partition coefficient (Wildman–Crippen LogP) is 4.26. The highest BCUT2D eigenvalue weighted by molar-refractivity contribution is 5.95. The number of halogens is 1. The van der Waals surface area contributed by atoms with E-state index < -0.39 is 0 Å². The van der Waals surface area contributed by atoms with Crippen LogP contribution in [0.3, 0.4) is 0 Å². The van der Waals surface area contributed by atoms with Gasteiger partial charge in [-0.2, -0.15) is 0 Å². The molecule has 0 fully saturated rings. The molecule has 0 bridgehead atoms. The van der Waals surface area contributed by atoms with E-state index in [0.717, 1.165) is 23.0 Å². The quantitative estimate of drug-likeness (QED) is 0.699. The normalized spacial score (nSPS) is 10.6. The molecular formula is C19H21ClN2O. The van der Waals surface area contributed by atoms with Gasteiger partial charge in [-0.25, -0.2) is 4.98 Å². The van der Waals surface area contributed by atoms with Gasteiger partial charge in [-0.1, -0.05) is 48.5 Å². The standard InChI is InChI=1S/C19H20N2O.ClH/c1-21(2)12-13-22-19-14-17(15-8-4-3-5-9-15)16-10-6-7-11-18(16)20-19;/h3-11,14H,12-13H2,1-2H3;1H. The van der Waals surface area contributed by atoms with Crippen LogP contribution in [-0.2, 0) is 0 Å². The maximum Gasteiger partial charge on any atom is 0.214 e. The lowest BCUT2D eigenvalue weighted by molar-refractivity contribution is 0.254. The Morgan fingerprint density at radius 2 is 1.65 bits per heavy atom. The van der Waals surface area contributed by atoms with Crippen LogP contribution in [0.5, 0.6) is 5.88 Å². The highest BCUT2D eigenvalue weighted by Crippen LogP contribution is 2.30.